The van der Waals surface area contributed by atoms with Crippen molar-refractivity contribution in [3.05, 3.63) is 80.8 Å². The van der Waals surface area contributed by atoms with Crippen molar-refractivity contribution in [2.45, 2.75) is 20.1 Å². The summed E-state index contributed by atoms with van der Waals surface area (Å²) in [7, 11) is 0. The molecule has 4 rings (SSSR count). The molecule has 5 nitrogen and oxygen atoms in total. The minimum atomic E-state index is 0.0519. The Hall–Kier alpha value is -2.41. The number of piperazine rings is 1. The van der Waals surface area contributed by atoms with Gasteiger partial charge < -0.3 is 9.64 Å². The van der Waals surface area contributed by atoms with Crippen LogP contribution < -0.4 is 4.74 Å². The smallest absolute Gasteiger partial charge is 0.254 e. The van der Waals surface area contributed by atoms with Gasteiger partial charge in [0.05, 0.1) is 10.7 Å². The van der Waals surface area contributed by atoms with Gasteiger partial charge in [-0.2, -0.15) is 0 Å². The molecule has 0 bridgehead atoms. The van der Waals surface area contributed by atoms with E-state index in [1.165, 1.54) is 5.56 Å². The van der Waals surface area contributed by atoms with Crippen molar-refractivity contribution < 1.29 is 9.53 Å². The van der Waals surface area contributed by atoms with Crippen LogP contribution in [0.25, 0.3) is 0 Å². The molecule has 0 saturated carbocycles. The van der Waals surface area contributed by atoms with Gasteiger partial charge in [-0.25, -0.2) is 4.98 Å². The summed E-state index contributed by atoms with van der Waals surface area (Å²) in [5.41, 5.74) is 2.80. The number of hydrogen-bond acceptors (Lipinski definition) is 5. The lowest BCUT2D eigenvalue weighted by atomic mass is 10.1. The van der Waals surface area contributed by atoms with E-state index in [0.29, 0.717) is 17.9 Å². The van der Waals surface area contributed by atoms with Crippen molar-refractivity contribution in [3.8, 4) is 5.75 Å². The number of ether oxygens (including phenoxy) is 1. The molecule has 0 atom stereocenters. The average molecular weight is 442 g/mol. The van der Waals surface area contributed by atoms with Crippen molar-refractivity contribution in [2.75, 3.05) is 26.2 Å². The van der Waals surface area contributed by atoms with E-state index in [4.69, 9.17) is 16.3 Å². The van der Waals surface area contributed by atoms with Crippen LogP contribution in [0.4, 0.5) is 0 Å². The molecule has 2 aromatic carbocycles. The van der Waals surface area contributed by atoms with Gasteiger partial charge in [0.2, 0.25) is 0 Å². The lowest BCUT2D eigenvalue weighted by molar-refractivity contribution is 0.0628. The monoisotopic (exact) mass is 441 g/mol. The predicted octanol–water partition coefficient (Wildman–Crippen LogP) is 4.64. The minimum Gasteiger partial charge on any atom is -0.487 e. The third kappa shape index (κ3) is 5.39. The summed E-state index contributed by atoms with van der Waals surface area (Å²) < 4.78 is 5.83. The Bertz CT molecular complexity index is 998. The van der Waals surface area contributed by atoms with Crippen LogP contribution >= 0.6 is 22.9 Å². The summed E-state index contributed by atoms with van der Waals surface area (Å²) in [6, 6.07) is 15.4. The van der Waals surface area contributed by atoms with Crippen molar-refractivity contribution in [1.82, 2.24) is 14.8 Å². The fraction of sp³-hybridized carbons (Fsp3) is 0.304. The van der Waals surface area contributed by atoms with Crippen molar-refractivity contribution >= 4 is 28.8 Å². The van der Waals surface area contributed by atoms with Crippen LogP contribution in [0.3, 0.4) is 0 Å². The van der Waals surface area contributed by atoms with E-state index < -0.39 is 0 Å². The van der Waals surface area contributed by atoms with Crippen LogP contribution in [0, 0.1) is 6.92 Å². The molecule has 156 valence electrons. The molecule has 1 aliphatic heterocycles. The third-order valence-corrected chi connectivity index (χ3v) is 6.19. The first-order valence-corrected chi connectivity index (χ1v) is 11.2. The van der Waals surface area contributed by atoms with Crippen LogP contribution in [0.1, 0.15) is 26.6 Å². The van der Waals surface area contributed by atoms with Gasteiger partial charge in [-0.3, -0.25) is 9.69 Å². The topological polar surface area (TPSA) is 45.7 Å². The maximum absolute atomic E-state index is 13.0. The summed E-state index contributed by atoms with van der Waals surface area (Å²) in [5, 5.41) is 3.77. The minimum absolute atomic E-state index is 0.0519. The molecule has 7 heteroatoms. The molecule has 0 N–H and O–H groups in total. The summed E-state index contributed by atoms with van der Waals surface area (Å²) in [4.78, 5) is 21.6. The number of carbonyl (C=O) groups is 1. The third-order valence-electron chi connectivity index (χ3n) is 5.11. The van der Waals surface area contributed by atoms with Gasteiger partial charge in [0.15, 0.2) is 0 Å². The number of amides is 1. The molecule has 1 fully saturated rings. The van der Waals surface area contributed by atoms with E-state index in [1.54, 1.807) is 11.3 Å². The number of thiazole rings is 1. The molecule has 0 radical (unpaired) electrons. The maximum atomic E-state index is 13.0. The zero-order valence-electron chi connectivity index (χ0n) is 16.9. The number of carbonyl (C=O) groups excluding carboxylic acids is 1. The quantitative estimate of drug-likeness (QED) is 0.559. The molecule has 2 heterocycles. The van der Waals surface area contributed by atoms with E-state index >= 15 is 0 Å². The number of halogens is 1. The van der Waals surface area contributed by atoms with Crippen molar-refractivity contribution in [3.63, 3.8) is 0 Å². The molecule has 1 aliphatic rings. The lowest BCUT2D eigenvalue weighted by Gasteiger charge is -2.34. The molecule has 1 saturated heterocycles. The Kier molecular flexibility index (Phi) is 6.67. The van der Waals surface area contributed by atoms with Crippen LogP contribution in [0.2, 0.25) is 5.02 Å². The second kappa shape index (κ2) is 9.60. The Morgan fingerprint density at radius 3 is 2.60 bits per heavy atom. The number of aryl methyl sites for hydroxylation is 1. The number of rotatable bonds is 6. The second-order valence-electron chi connectivity index (χ2n) is 7.37. The Labute approximate surface area is 185 Å². The van der Waals surface area contributed by atoms with E-state index in [2.05, 4.69) is 22.0 Å². The first-order valence-electron chi connectivity index (χ1n) is 9.97. The van der Waals surface area contributed by atoms with Gasteiger partial charge in [-0.05, 0) is 42.8 Å². The van der Waals surface area contributed by atoms with Gasteiger partial charge in [0.1, 0.15) is 12.4 Å². The summed E-state index contributed by atoms with van der Waals surface area (Å²) in [6.45, 7) is 6.40. The average Bonchev–Trinajstić information content (AvgIpc) is 3.19. The van der Waals surface area contributed by atoms with E-state index in [0.717, 1.165) is 48.4 Å². The molecule has 1 amide bonds. The SMILES string of the molecule is Cc1nc(COc2cccc(C(=O)N3CCN(Cc4ccc(Cl)cc4)CC3)c2)cs1. The summed E-state index contributed by atoms with van der Waals surface area (Å²) >= 11 is 7.57. The molecular weight excluding hydrogens is 418 g/mol. The Morgan fingerprint density at radius 2 is 1.90 bits per heavy atom. The fourth-order valence-electron chi connectivity index (χ4n) is 3.49. The lowest BCUT2D eigenvalue weighted by Crippen LogP contribution is -2.48. The highest BCUT2D eigenvalue weighted by atomic mass is 35.5. The highest BCUT2D eigenvalue weighted by Crippen LogP contribution is 2.19. The van der Waals surface area contributed by atoms with Gasteiger partial charge in [-0.15, -0.1) is 11.3 Å². The molecule has 0 aliphatic carbocycles. The highest BCUT2D eigenvalue weighted by molar-refractivity contribution is 7.09. The molecule has 30 heavy (non-hydrogen) atoms. The summed E-state index contributed by atoms with van der Waals surface area (Å²) in [6.07, 6.45) is 0. The number of hydrogen-bond donors (Lipinski definition) is 0. The number of benzene rings is 2. The molecule has 0 spiro atoms. The van der Waals surface area contributed by atoms with Crippen LogP contribution in [-0.2, 0) is 13.2 Å². The van der Waals surface area contributed by atoms with Gasteiger partial charge >= 0.3 is 0 Å². The molecule has 3 aromatic rings. The van der Waals surface area contributed by atoms with Crippen molar-refractivity contribution in [2.24, 2.45) is 0 Å². The molecular formula is C23H24ClN3O2S. The standard InChI is InChI=1S/C23H24ClN3O2S/c1-17-25-21(16-30-17)15-29-22-4-2-3-19(13-22)23(28)27-11-9-26(10-12-27)14-18-5-7-20(24)8-6-18/h2-8,13,16H,9-12,14-15H2,1H3. The van der Waals surface area contributed by atoms with Gasteiger partial charge in [0, 0.05) is 48.7 Å². The maximum Gasteiger partial charge on any atom is 0.254 e. The Morgan fingerprint density at radius 1 is 1.13 bits per heavy atom. The second-order valence-corrected chi connectivity index (χ2v) is 8.87. The van der Waals surface area contributed by atoms with Gasteiger partial charge in [0.25, 0.3) is 5.91 Å². The van der Waals surface area contributed by atoms with Crippen molar-refractivity contribution in [1.29, 1.82) is 0 Å². The zero-order chi connectivity index (χ0) is 20.9. The predicted molar refractivity (Wildman–Crippen MR) is 120 cm³/mol. The summed E-state index contributed by atoms with van der Waals surface area (Å²) in [5.74, 6) is 0.740. The van der Waals surface area contributed by atoms with E-state index in [1.807, 2.05) is 53.6 Å². The van der Waals surface area contributed by atoms with E-state index in [-0.39, 0.29) is 5.91 Å². The number of aromatic nitrogens is 1. The largest absolute Gasteiger partial charge is 0.487 e. The fourth-order valence-corrected chi connectivity index (χ4v) is 4.21. The van der Waals surface area contributed by atoms with E-state index in [9.17, 15) is 4.79 Å². The van der Waals surface area contributed by atoms with Crippen LogP contribution in [0.5, 0.6) is 5.75 Å². The molecule has 0 unspecified atom stereocenters. The normalized spacial score (nSPS) is 14.7. The highest BCUT2D eigenvalue weighted by Gasteiger charge is 2.22. The van der Waals surface area contributed by atoms with Crippen LogP contribution in [-0.4, -0.2) is 46.9 Å². The first-order chi connectivity index (χ1) is 14.6. The molecule has 1 aromatic heterocycles. The Balaban J connectivity index is 1.30. The van der Waals surface area contributed by atoms with Crippen LogP contribution in [0.15, 0.2) is 53.9 Å². The first kappa shape index (κ1) is 20.8. The van der Waals surface area contributed by atoms with Gasteiger partial charge in [-0.1, -0.05) is 29.8 Å². The zero-order valence-corrected chi connectivity index (χ0v) is 18.5. The number of nitrogens with zero attached hydrogens (tertiary/aromatic N) is 3.